The molecular formula is C23H32O3. The van der Waals surface area contributed by atoms with Gasteiger partial charge in [0, 0.05) is 5.41 Å². The fraction of sp³-hybridized carbons (Fsp3) is 0.783. The minimum Gasteiger partial charge on any atom is -0.389 e. The molecule has 0 aromatic heterocycles. The molecule has 5 rings (SSSR count). The van der Waals surface area contributed by atoms with E-state index >= 15 is 0 Å². The summed E-state index contributed by atoms with van der Waals surface area (Å²) >= 11 is 0. The van der Waals surface area contributed by atoms with Crippen molar-refractivity contribution in [3.8, 4) is 0 Å². The fourth-order valence-electron chi connectivity index (χ4n) is 8.32. The molecule has 142 valence electrons. The zero-order chi connectivity index (χ0) is 18.3. The summed E-state index contributed by atoms with van der Waals surface area (Å²) in [6.07, 6.45) is 11.7. The predicted molar refractivity (Wildman–Crippen MR) is 100 cm³/mol. The molecule has 4 atom stereocenters. The van der Waals surface area contributed by atoms with Crippen LogP contribution in [0.4, 0.5) is 0 Å². The summed E-state index contributed by atoms with van der Waals surface area (Å²) in [6, 6.07) is 0. The lowest BCUT2D eigenvalue weighted by molar-refractivity contribution is -0.144. The molecule has 0 aromatic rings. The van der Waals surface area contributed by atoms with Gasteiger partial charge in [-0.1, -0.05) is 18.6 Å². The van der Waals surface area contributed by atoms with Crippen LogP contribution in [0.2, 0.25) is 0 Å². The highest BCUT2D eigenvalue weighted by molar-refractivity contribution is 5.90. The molecule has 2 unspecified atom stereocenters. The molecule has 0 amide bonds. The smallest absolute Gasteiger partial charge is 0.167 e. The molecule has 3 nitrogen and oxygen atoms in total. The van der Waals surface area contributed by atoms with Crippen LogP contribution in [-0.4, -0.2) is 28.2 Å². The van der Waals surface area contributed by atoms with E-state index in [0.717, 1.165) is 57.8 Å². The molecule has 26 heavy (non-hydrogen) atoms. The maximum atomic E-state index is 13.1. The summed E-state index contributed by atoms with van der Waals surface area (Å²) in [5, 5.41) is 20.1. The van der Waals surface area contributed by atoms with Crippen LogP contribution in [0.15, 0.2) is 22.8 Å². The number of carbonyl (C=O) groups is 1. The lowest BCUT2D eigenvalue weighted by Crippen LogP contribution is -2.51. The van der Waals surface area contributed by atoms with E-state index in [1.165, 1.54) is 12.0 Å². The SMILES string of the molecule is C[C@H](O)C(=O)C12CCC3(CC1)C1CCC4=CC(O)CCC4=C1CC[C@]23C. The number of aliphatic hydroxyl groups excluding tert-OH is 2. The third-order valence-electron chi connectivity index (χ3n) is 9.55. The Balaban J connectivity index is 1.60. The van der Waals surface area contributed by atoms with Crippen molar-refractivity contribution in [2.24, 2.45) is 22.2 Å². The summed E-state index contributed by atoms with van der Waals surface area (Å²) in [5.74, 6) is 0.738. The van der Waals surface area contributed by atoms with E-state index < -0.39 is 6.10 Å². The second-order valence-electron chi connectivity index (χ2n) is 10.0. The minimum absolute atomic E-state index is 0.0538. The van der Waals surface area contributed by atoms with Gasteiger partial charge in [0.1, 0.15) is 6.10 Å². The van der Waals surface area contributed by atoms with Gasteiger partial charge in [0.25, 0.3) is 0 Å². The number of ketones is 1. The van der Waals surface area contributed by atoms with Crippen molar-refractivity contribution in [3.63, 3.8) is 0 Å². The summed E-state index contributed by atoms with van der Waals surface area (Å²) < 4.78 is 0. The molecular weight excluding hydrogens is 324 g/mol. The van der Waals surface area contributed by atoms with Crippen molar-refractivity contribution in [1.29, 1.82) is 0 Å². The van der Waals surface area contributed by atoms with E-state index in [0.29, 0.717) is 5.92 Å². The van der Waals surface area contributed by atoms with Crippen LogP contribution < -0.4 is 0 Å². The molecule has 0 aromatic carbocycles. The number of fused-ring (bicyclic) bond motifs is 2. The molecule has 5 aliphatic carbocycles. The van der Waals surface area contributed by atoms with Crippen molar-refractivity contribution in [3.05, 3.63) is 22.8 Å². The van der Waals surface area contributed by atoms with Crippen LogP contribution in [0.1, 0.15) is 78.1 Å². The number of rotatable bonds is 2. The Hall–Kier alpha value is -0.930. The van der Waals surface area contributed by atoms with Crippen LogP contribution in [0.5, 0.6) is 0 Å². The Labute approximate surface area is 156 Å². The van der Waals surface area contributed by atoms with Crippen LogP contribution in [0.25, 0.3) is 0 Å². The van der Waals surface area contributed by atoms with E-state index in [9.17, 15) is 15.0 Å². The molecule has 2 bridgehead atoms. The molecule has 0 heterocycles. The highest BCUT2D eigenvalue weighted by Gasteiger charge is 2.75. The average molecular weight is 357 g/mol. The van der Waals surface area contributed by atoms with E-state index in [2.05, 4.69) is 13.0 Å². The summed E-state index contributed by atoms with van der Waals surface area (Å²) in [5.41, 5.74) is 4.69. The molecule has 0 aliphatic heterocycles. The number of allylic oxidation sites excluding steroid dienone is 3. The van der Waals surface area contributed by atoms with E-state index in [-0.39, 0.29) is 28.1 Å². The van der Waals surface area contributed by atoms with Crippen LogP contribution in [0, 0.1) is 22.2 Å². The van der Waals surface area contributed by atoms with Crippen LogP contribution >= 0.6 is 0 Å². The molecule has 3 saturated carbocycles. The van der Waals surface area contributed by atoms with Gasteiger partial charge in [0.2, 0.25) is 0 Å². The number of Topliss-reactive ketones (excluding diaryl/α,β-unsaturated/α-hetero) is 1. The van der Waals surface area contributed by atoms with Gasteiger partial charge in [-0.15, -0.1) is 0 Å². The van der Waals surface area contributed by atoms with Gasteiger partial charge in [0.05, 0.1) is 6.10 Å². The van der Waals surface area contributed by atoms with E-state index in [4.69, 9.17) is 0 Å². The number of hydrogen-bond acceptors (Lipinski definition) is 3. The maximum absolute atomic E-state index is 13.1. The van der Waals surface area contributed by atoms with Gasteiger partial charge in [-0.05, 0) is 99.0 Å². The lowest BCUT2D eigenvalue weighted by Gasteiger charge is -2.56. The highest BCUT2D eigenvalue weighted by atomic mass is 16.3. The summed E-state index contributed by atoms with van der Waals surface area (Å²) in [6.45, 7) is 4.06. The predicted octanol–water partition coefficient (Wildman–Crippen LogP) is 4.08. The van der Waals surface area contributed by atoms with Crippen LogP contribution in [0.3, 0.4) is 0 Å². The quantitative estimate of drug-likeness (QED) is 0.784. The zero-order valence-electron chi connectivity index (χ0n) is 16.2. The largest absolute Gasteiger partial charge is 0.389 e. The average Bonchev–Trinajstić information content (AvgIpc) is 3.05. The van der Waals surface area contributed by atoms with Crippen molar-refractivity contribution in [1.82, 2.24) is 0 Å². The summed E-state index contributed by atoms with van der Waals surface area (Å²) in [7, 11) is 0. The molecule has 2 N–H and O–H groups in total. The lowest BCUT2D eigenvalue weighted by atomic mass is 9.48. The van der Waals surface area contributed by atoms with Crippen molar-refractivity contribution in [2.45, 2.75) is 90.3 Å². The third kappa shape index (κ3) is 1.80. The fourth-order valence-corrected chi connectivity index (χ4v) is 8.32. The monoisotopic (exact) mass is 356 g/mol. The normalized spacial score (nSPS) is 47.8. The number of aliphatic hydroxyl groups is 2. The Morgan fingerprint density at radius 3 is 2.54 bits per heavy atom. The Bertz CT molecular complexity index is 720. The first kappa shape index (κ1) is 17.2. The zero-order valence-corrected chi connectivity index (χ0v) is 16.2. The van der Waals surface area contributed by atoms with Gasteiger partial charge < -0.3 is 10.2 Å². The first-order valence-electron chi connectivity index (χ1n) is 10.7. The molecule has 0 radical (unpaired) electrons. The minimum atomic E-state index is -0.832. The van der Waals surface area contributed by atoms with Gasteiger partial charge in [0.15, 0.2) is 5.78 Å². The first-order chi connectivity index (χ1) is 12.3. The summed E-state index contributed by atoms with van der Waals surface area (Å²) in [4.78, 5) is 13.1. The number of carbonyl (C=O) groups excluding carboxylic acids is 1. The standard InChI is InChI=1S/C23H32O3/c1-14(24)20(26)23-11-9-22(10-12-23)19-6-3-15-13-16(25)4-5-17(15)18(19)7-8-21(22,23)2/h13-14,16,19,24-25H,3-12H2,1-2H3/t14-,16?,19?,21-,22?,23?/m0/s1. The third-order valence-corrected chi connectivity index (χ3v) is 9.55. The Morgan fingerprint density at radius 1 is 1.12 bits per heavy atom. The second kappa shape index (κ2) is 5.32. The molecule has 0 saturated heterocycles. The van der Waals surface area contributed by atoms with E-state index in [1.807, 2.05) is 0 Å². The highest BCUT2D eigenvalue weighted by Crippen LogP contribution is 2.80. The van der Waals surface area contributed by atoms with Crippen molar-refractivity contribution >= 4 is 5.78 Å². The molecule has 3 fully saturated rings. The Morgan fingerprint density at radius 2 is 1.85 bits per heavy atom. The van der Waals surface area contributed by atoms with Crippen LogP contribution in [-0.2, 0) is 4.79 Å². The van der Waals surface area contributed by atoms with Crippen molar-refractivity contribution in [2.75, 3.05) is 0 Å². The molecule has 0 spiro atoms. The van der Waals surface area contributed by atoms with Gasteiger partial charge in [-0.2, -0.15) is 0 Å². The van der Waals surface area contributed by atoms with Gasteiger partial charge in [-0.3, -0.25) is 4.79 Å². The maximum Gasteiger partial charge on any atom is 0.167 e. The van der Waals surface area contributed by atoms with Crippen molar-refractivity contribution < 1.29 is 15.0 Å². The molecule has 5 aliphatic rings. The van der Waals surface area contributed by atoms with Gasteiger partial charge in [-0.25, -0.2) is 0 Å². The molecule has 3 heteroatoms. The topological polar surface area (TPSA) is 57.5 Å². The van der Waals surface area contributed by atoms with Gasteiger partial charge >= 0.3 is 0 Å². The van der Waals surface area contributed by atoms with E-state index in [1.54, 1.807) is 18.1 Å². The first-order valence-corrected chi connectivity index (χ1v) is 10.7. The second-order valence-corrected chi connectivity index (χ2v) is 10.0. The number of hydrogen-bond donors (Lipinski definition) is 2. The Kier molecular flexibility index (Phi) is 3.52.